The van der Waals surface area contributed by atoms with Crippen molar-refractivity contribution in [1.29, 1.82) is 0 Å². The lowest BCUT2D eigenvalue weighted by molar-refractivity contribution is 0.336. The summed E-state index contributed by atoms with van der Waals surface area (Å²) in [6.45, 7) is 5.26. The molecule has 0 saturated carbocycles. The lowest BCUT2D eigenvalue weighted by atomic mass is 10.1. The van der Waals surface area contributed by atoms with Gasteiger partial charge in [0, 0.05) is 18.8 Å². The lowest BCUT2D eigenvalue weighted by Gasteiger charge is -2.23. The third-order valence-corrected chi connectivity index (χ3v) is 8.19. The van der Waals surface area contributed by atoms with Crippen LogP contribution in [0.3, 0.4) is 0 Å². The third kappa shape index (κ3) is 5.27. The average Bonchev–Trinajstić information content (AvgIpc) is 3.20. The second kappa shape index (κ2) is 8.58. The molecule has 29 heavy (non-hydrogen) atoms. The van der Waals surface area contributed by atoms with Gasteiger partial charge in [0.1, 0.15) is 5.78 Å². The highest BCUT2D eigenvalue weighted by Gasteiger charge is 2.35. The second-order valence-electron chi connectivity index (χ2n) is 7.66. The molecule has 2 aromatic carbocycles. The molecule has 3 N–H and O–H groups in total. The Labute approximate surface area is 172 Å². The van der Waals surface area contributed by atoms with Crippen LogP contribution in [0.15, 0.2) is 53.4 Å². The highest BCUT2D eigenvalue weighted by atomic mass is 32.2. The molecule has 1 fully saturated rings. The van der Waals surface area contributed by atoms with Crippen molar-refractivity contribution in [1.82, 2.24) is 4.72 Å². The quantitative estimate of drug-likeness (QED) is 0.572. The molecule has 1 aliphatic heterocycles. The molecule has 0 bridgehead atoms. The van der Waals surface area contributed by atoms with Gasteiger partial charge in [-0.25, -0.2) is 8.42 Å². The zero-order chi connectivity index (χ0) is 21.2. The topological polar surface area (TPSA) is 107 Å². The molecule has 0 amide bonds. The van der Waals surface area contributed by atoms with E-state index >= 15 is 0 Å². The van der Waals surface area contributed by atoms with Gasteiger partial charge in [0.05, 0.1) is 4.90 Å². The summed E-state index contributed by atoms with van der Waals surface area (Å²) in [5.74, 6) is -2.02. The van der Waals surface area contributed by atoms with E-state index in [4.69, 9.17) is 0 Å². The molecular formula is C20H27N2O5PS. The molecule has 0 radical (unpaired) electrons. The number of anilines is 1. The first-order valence-electron chi connectivity index (χ1n) is 9.61. The minimum absolute atomic E-state index is 0.0333. The second-order valence-corrected chi connectivity index (χ2v) is 11.1. The van der Waals surface area contributed by atoms with Crippen LogP contribution in [-0.4, -0.2) is 37.1 Å². The summed E-state index contributed by atoms with van der Waals surface area (Å²) in [6, 6.07) is 14.4. The molecule has 3 rings (SSSR count). The fourth-order valence-electron chi connectivity index (χ4n) is 3.49. The van der Waals surface area contributed by atoms with Gasteiger partial charge in [-0.15, -0.1) is 0 Å². The van der Waals surface area contributed by atoms with E-state index in [0.29, 0.717) is 0 Å². The number of hydrogen-bond donors (Lipinski definition) is 3. The van der Waals surface area contributed by atoms with Gasteiger partial charge in [-0.2, -0.15) is 4.72 Å². The molecule has 1 atom stereocenters. The minimum Gasteiger partial charge on any atom is -0.372 e. The first-order valence-corrected chi connectivity index (χ1v) is 12.8. The molecule has 1 heterocycles. The summed E-state index contributed by atoms with van der Waals surface area (Å²) in [5.41, 5.74) is 3.03. The van der Waals surface area contributed by atoms with Gasteiger partial charge >= 0.3 is 7.60 Å². The Bertz CT molecular complexity index is 979. The lowest BCUT2D eigenvalue weighted by Crippen LogP contribution is -2.38. The Kier molecular flexibility index (Phi) is 6.51. The molecule has 0 spiro atoms. The van der Waals surface area contributed by atoms with Crippen molar-refractivity contribution in [2.45, 2.75) is 37.4 Å². The minimum atomic E-state index is -4.61. The Hall–Kier alpha value is -1.70. The normalized spacial score (nSPS) is 16.4. The van der Waals surface area contributed by atoms with E-state index in [0.717, 1.165) is 24.2 Å². The Balaban J connectivity index is 1.77. The number of nitrogens with zero attached hydrogens (tertiary/aromatic N) is 1. The number of hydrogen-bond acceptors (Lipinski definition) is 4. The Morgan fingerprint density at radius 2 is 1.41 bits per heavy atom. The van der Waals surface area contributed by atoms with Gasteiger partial charge in [-0.05, 0) is 54.2 Å². The number of benzene rings is 2. The SMILES string of the molecule is CC(C)C(NS(=O)(=O)c1ccc(-c2ccc(N3CCCC3)cc2)cc1)P(=O)(O)O. The van der Waals surface area contributed by atoms with Crippen LogP contribution >= 0.6 is 7.60 Å². The molecule has 158 valence electrons. The molecule has 7 nitrogen and oxygen atoms in total. The van der Waals surface area contributed by atoms with Crippen molar-refractivity contribution >= 4 is 23.3 Å². The monoisotopic (exact) mass is 438 g/mol. The molecule has 1 saturated heterocycles. The maximum atomic E-state index is 12.6. The van der Waals surface area contributed by atoms with Gasteiger partial charge in [-0.3, -0.25) is 4.57 Å². The predicted molar refractivity (Wildman–Crippen MR) is 114 cm³/mol. The summed E-state index contributed by atoms with van der Waals surface area (Å²) in [5, 5.41) is 0. The van der Waals surface area contributed by atoms with Gasteiger partial charge < -0.3 is 14.7 Å². The van der Waals surface area contributed by atoms with E-state index in [1.807, 2.05) is 12.1 Å². The number of nitrogens with one attached hydrogen (secondary N) is 1. The van der Waals surface area contributed by atoms with E-state index in [9.17, 15) is 22.8 Å². The maximum absolute atomic E-state index is 12.6. The highest BCUT2D eigenvalue weighted by molar-refractivity contribution is 7.89. The van der Waals surface area contributed by atoms with Crippen molar-refractivity contribution in [3.05, 3.63) is 48.5 Å². The van der Waals surface area contributed by atoms with Crippen LogP contribution in [0.25, 0.3) is 11.1 Å². The molecule has 2 aromatic rings. The summed E-state index contributed by atoms with van der Waals surface area (Å²) in [6.07, 6.45) is 2.43. The van der Waals surface area contributed by atoms with E-state index < -0.39 is 29.3 Å². The summed E-state index contributed by atoms with van der Waals surface area (Å²) < 4.78 is 38.9. The molecule has 0 aliphatic carbocycles. The standard InChI is InChI=1S/C20H27N2O5PS/c1-15(2)20(28(23,24)25)21-29(26,27)19-11-7-17(8-12-19)16-5-9-18(10-6-16)22-13-3-4-14-22/h5-12,15,20-21H,3-4,13-14H2,1-2H3,(H2,23,24,25). The molecule has 1 aliphatic rings. The van der Waals surface area contributed by atoms with E-state index in [1.54, 1.807) is 26.0 Å². The van der Waals surface area contributed by atoms with Crippen molar-refractivity contribution in [3.8, 4) is 11.1 Å². The fraction of sp³-hybridized carbons (Fsp3) is 0.400. The summed E-state index contributed by atoms with van der Waals surface area (Å²) in [7, 11) is -8.67. The Morgan fingerprint density at radius 3 is 1.86 bits per heavy atom. The highest BCUT2D eigenvalue weighted by Crippen LogP contribution is 2.43. The molecule has 0 aromatic heterocycles. The number of sulfonamides is 1. The molecule has 9 heteroatoms. The van der Waals surface area contributed by atoms with Crippen molar-refractivity contribution in [3.63, 3.8) is 0 Å². The third-order valence-electron chi connectivity index (χ3n) is 5.11. The predicted octanol–water partition coefficient (Wildman–Crippen LogP) is 3.39. The van der Waals surface area contributed by atoms with Crippen LogP contribution in [-0.2, 0) is 14.6 Å². The van der Waals surface area contributed by atoms with Crippen LogP contribution in [0, 0.1) is 5.92 Å². The molecule has 1 unspecified atom stereocenters. The first kappa shape index (κ1) is 22.0. The molecular weight excluding hydrogens is 411 g/mol. The van der Waals surface area contributed by atoms with Crippen molar-refractivity contribution in [2.75, 3.05) is 18.0 Å². The zero-order valence-electron chi connectivity index (χ0n) is 16.5. The van der Waals surface area contributed by atoms with Gasteiger partial charge in [0.15, 0.2) is 0 Å². The van der Waals surface area contributed by atoms with Crippen LogP contribution in [0.2, 0.25) is 0 Å². The number of rotatable bonds is 7. The van der Waals surface area contributed by atoms with Crippen molar-refractivity contribution in [2.24, 2.45) is 5.92 Å². The largest absolute Gasteiger partial charge is 0.372 e. The first-order chi connectivity index (χ1) is 13.6. The van der Waals surface area contributed by atoms with Crippen LogP contribution in [0.4, 0.5) is 5.69 Å². The van der Waals surface area contributed by atoms with Crippen molar-refractivity contribution < 1.29 is 22.8 Å². The van der Waals surface area contributed by atoms with Crippen LogP contribution in [0.1, 0.15) is 26.7 Å². The van der Waals surface area contributed by atoms with E-state index in [2.05, 4.69) is 21.8 Å². The summed E-state index contributed by atoms with van der Waals surface area (Å²) >= 11 is 0. The van der Waals surface area contributed by atoms with E-state index in [1.165, 1.54) is 30.7 Å². The average molecular weight is 438 g/mol. The van der Waals surface area contributed by atoms with Gasteiger partial charge in [0.25, 0.3) is 0 Å². The summed E-state index contributed by atoms with van der Waals surface area (Å²) in [4.78, 5) is 21.2. The van der Waals surface area contributed by atoms with E-state index in [-0.39, 0.29) is 4.90 Å². The smallest absolute Gasteiger partial charge is 0.343 e. The van der Waals surface area contributed by atoms with Gasteiger partial charge in [0.2, 0.25) is 10.0 Å². The maximum Gasteiger partial charge on any atom is 0.343 e. The fourth-order valence-corrected chi connectivity index (χ4v) is 6.45. The van der Waals surface area contributed by atoms with Crippen LogP contribution in [0.5, 0.6) is 0 Å². The Morgan fingerprint density at radius 1 is 0.931 bits per heavy atom. The zero-order valence-corrected chi connectivity index (χ0v) is 18.2. The van der Waals surface area contributed by atoms with Gasteiger partial charge in [-0.1, -0.05) is 38.1 Å². The van der Waals surface area contributed by atoms with Crippen LogP contribution < -0.4 is 9.62 Å².